The molecule has 0 aromatic heterocycles. The zero-order chi connectivity index (χ0) is 17.0. The van der Waals surface area contributed by atoms with Crippen molar-refractivity contribution in [2.75, 3.05) is 14.2 Å². The first-order chi connectivity index (χ1) is 10.4. The summed E-state index contributed by atoms with van der Waals surface area (Å²) in [4.78, 5) is 24.0. The largest absolute Gasteiger partial charge is 0.468 e. The Labute approximate surface area is 135 Å². The highest BCUT2D eigenvalue weighted by atomic mass is 16.5. The second-order valence-corrected chi connectivity index (χ2v) is 6.35. The molecular formula is C18H34O4. The molecule has 0 saturated heterocycles. The fourth-order valence-corrected chi connectivity index (χ4v) is 2.78. The van der Waals surface area contributed by atoms with Crippen LogP contribution in [0.15, 0.2) is 0 Å². The minimum absolute atomic E-state index is 0.0903. The van der Waals surface area contributed by atoms with Gasteiger partial charge in [-0.25, -0.2) is 0 Å². The molecule has 0 fully saturated rings. The summed E-state index contributed by atoms with van der Waals surface area (Å²) >= 11 is 0. The molecule has 4 nitrogen and oxygen atoms in total. The van der Waals surface area contributed by atoms with E-state index in [0.29, 0.717) is 0 Å². The van der Waals surface area contributed by atoms with Crippen LogP contribution in [-0.2, 0) is 19.1 Å². The van der Waals surface area contributed by atoms with Crippen LogP contribution in [-0.4, -0.2) is 26.2 Å². The normalized spacial score (nSPS) is 12.8. The van der Waals surface area contributed by atoms with Gasteiger partial charge in [0.2, 0.25) is 0 Å². The van der Waals surface area contributed by atoms with Crippen LogP contribution in [0.5, 0.6) is 0 Å². The second kappa shape index (κ2) is 11.5. The zero-order valence-electron chi connectivity index (χ0n) is 15.1. The van der Waals surface area contributed by atoms with Crippen LogP contribution in [0, 0.1) is 11.3 Å². The maximum absolute atomic E-state index is 12.0. The molecule has 1 unspecified atom stereocenters. The Hall–Kier alpha value is -1.06. The molecule has 0 rings (SSSR count). The summed E-state index contributed by atoms with van der Waals surface area (Å²) in [5.74, 6) is -1.11. The van der Waals surface area contributed by atoms with Crippen molar-refractivity contribution < 1.29 is 19.1 Å². The van der Waals surface area contributed by atoms with E-state index >= 15 is 0 Å². The molecule has 0 amide bonds. The Bertz CT molecular complexity index is 309. The lowest BCUT2D eigenvalue weighted by atomic mass is 9.75. The molecule has 130 valence electrons. The van der Waals surface area contributed by atoms with E-state index in [0.717, 1.165) is 19.3 Å². The molecule has 0 N–H and O–H groups in total. The first-order valence-electron chi connectivity index (χ1n) is 8.61. The Kier molecular flexibility index (Phi) is 10.9. The van der Waals surface area contributed by atoms with Crippen molar-refractivity contribution in [3.63, 3.8) is 0 Å². The molecule has 0 radical (unpaired) electrons. The third-order valence-electron chi connectivity index (χ3n) is 4.70. The highest BCUT2D eigenvalue weighted by molar-refractivity contribution is 5.99. The predicted molar refractivity (Wildman–Crippen MR) is 88.5 cm³/mol. The van der Waals surface area contributed by atoms with Gasteiger partial charge in [0.1, 0.15) is 0 Å². The molecule has 0 aliphatic heterocycles. The Balaban J connectivity index is 4.17. The minimum atomic E-state index is -1.20. The lowest BCUT2D eigenvalue weighted by Crippen LogP contribution is -2.43. The molecule has 0 aliphatic carbocycles. The van der Waals surface area contributed by atoms with E-state index in [-0.39, 0.29) is 5.92 Å². The SMILES string of the molecule is CCCCCCCCCCC(C)C(C)(C(=O)OC)C(=O)OC. The predicted octanol–water partition coefficient (Wildman–Crippen LogP) is 4.51. The molecule has 0 aromatic rings. The average molecular weight is 314 g/mol. The van der Waals surface area contributed by atoms with Gasteiger partial charge in [-0.2, -0.15) is 0 Å². The monoisotopic (exact) mass is 314 g/mol. The molecule has 0 aromatic carbocycles. The van der Waals surface area contributed by atoms with Crippen LogP contribution >= 0.6 is 0 Å². The van der Waals surface area contributed by atoms with Crippen LogP contribution < -0.4 is 0 Å². The highest BCUT2D eigenvalue weighted by Crippen LogP contribution is 2.34. The highest BCUT2D eigenvalue weighted by Gasteiger charge is 2.47. The van der Waals surface area contributed by atoms with Crippen LogP contribution in [0.3, 0.4) is 0 Å². The molecular weight excluding hydrogens is 280 g/mol. The van der Waals surface area contributed by atoms with Gasteiger partial charge < -0.3 is 9.47 Å². The molecule has 0 bridgehead atoms. The van der Waals surface area contributed by atoms with Crippen molar-refractivity contribution in [2.24, 2.45) is 11.3 Å². The van der Waals surface area contributed by atoms with Gasteiger partial charge in [-0.1, -0.05) is 65.2 Å². The van der Waals surface area contributed by atoms with Crippen molar-refractivity contribution in [2.45, 2.75) is 78.6 Å². The first-order valence-corrected chi connectivity index (χ1v) is 8.61. The summed E-state index contributed by atoms with van der Waals surface area (Å²) in [5, 5.41) is 0. The molecule has 1 atom stereocenters. The molecule has 0 heterocycles. The van der Waals surface area contributed by atoms with Crippen LogP contribution in [0.2, 0.25) is 0 Å². The summed E-state index contributed by atoms with van der Waals surface area (Å²) in [5.41, 5.74) is -1.20. The Morgan fingerprint density at radius 2 is 1.27 bits per heavy atom. The van der Waals surface area contributed by atoms with Crippen molar-refractivity contribution in [1.29, 1.82) is 0 Å². The Morgan fingerprint density at radius 1 is 0.864 bits per heavy atom. The van der Waals surface area contributed by atoms with E-state index < -0.39 is 17.4 Å². The molecule has 0 aliphatic rings. The molecule has 4 heteroatoms. The summed E-state index contributed by atoms with van der Waals surface area (Å²) < 4.78 is 9.60. The second-order valence-electron chi connectivity index (χ2n) is 6.35. The summed E-state index contributed by atoms with van der Waals surface area (Å²) in [6.07, 6.45) is 10.7. The number of carbonyl (C=O) groups is 2. The summed E-state index contributed by atoms with van der Waals surface area (Å²) in [6.45, 7) is 5.77. The van der Waals surface area contributed by atoms with Gasteiger partial charge in [0.15, 0.2) is 5.41 Å². The van der Waals surface area contributed by atoms with Gasteiger partial charge >= 0.3 is 11.9 Å². The van der Waals surface area contributed by atoms with Crippen molar-refractivity contribution >= 4 is 11.9 Å². The summed E-state index contributed by atoms with van der Waals surface area (Å²) in [7, 11) is 2.62. The third kappa shape index (κ3) is 6.37. The smallest absolute Gasteiger partial charge is 0.323 e. The zero-order valence-corrected chi connectivity index (χ0v) is 15.1. The summed E-state index contributed by atoms with van der Waals surface area (Å²) in [6, 6.07) is 0. The number of ether oxygens (including phenoxy) is 2. The molecule has 22 heavy (non-hydrogen) atoms. The third-order valence-corrected chi connectivity index (χ3v) is 4.70. The van der Waals surface area contributed by atoms with Crippen LogP contribution in [0.25, 0.3) is 0 Å². The fourth-order valence-electron chi connectivity index (χ4n) is 2.78. The van der Waals surface area contributed by atoms with Gasteiger partial charge in [-0.05, 0) is 19.3 Å². The van der Waals surface area contributed by atoms with E-state index in [4.69, 9.17) is 9.47 Å². The van der Waals surface area contributed by atoms with E-state index in [1.165, 1.54) is 52.7 Å². The number of hydrogen-bond acceptors (Lipinski definition) is 4. The van der Waals surface area contributed by atoms with Crippen LogP contribution in [0.4, 0.5) is 0 Å². The lowest BCUT2D eigenvalue weighted by Gasteiger charge is -2.30. The topological polar surface area (TPSA) is 52.6 Å². The number of methoxy groups -OCH3 is 2. The van der Waals surface area contributed by atoms with E-state index in [1.807, 2.05) is 6.92 Å². The average Bonchev–Trinajstić information content (AvgIpc) is 2.54. The maximum Gasteiger partial charge on any atom is 0.323 e. The van der Waals surface area contributed by atoms with Gasteiger partial charge in [-0.15, -0.1) is 0 Å². The molecule has 0 saturated carbocycles. The van der Waals surface area contributed by atoms with E-state index in [9.17, 15) is 9.59 Å². The lowest BCUT2D eigenvalue weighted by molar-refractivity contribution is -0.172. The van der Waals surface area contributed by atoms with E-state index in [1.54, 1.807) is 6.92 Å². The minimum Gasteiger partial charge on any atom is -0.468 e. The number of unbranched alkanes of at least 4 members (excludes halogenated alkanes) is 7. The Morgan fingerprint density at radius 3 is 1.68 bits per heavy atom. The van der Waals surface area contributed by atoms with Gasteiger partial charge in [0, 0.05) is 0 Å². The number of esters is 2. The standard InChI is InChI=1S/C18H34O4/c1-6-7-8-9-10-11-12-13-14-15(2)18(3,16(19)21-4)17(20)22-5/h15H,6-14H2,1-5H3. The quantitative estimate of drug-likeness (QED) is 0.302. The molecule has 0 spiro atoms. The number of hydrogen-bond donors (Lipinski definition) is 0. The van der Waals surface area contributed by atoms with Crippen molar-refractivity contribution in [1.82, 2.24) is 0 Å². The van der Waals surface area contributed by atoms with Gasteiger partial charge in [0.05, 0.1) is 14.2 Å². The van der Waals surface area contributed by atoms with Gasteiger partial charge in [0.25, 0.3) is 0 Å². The van der Waals surface area contributed by atoms with Crippen molar-refractivity contribution in [3.05, 3.63) is 0 Å². The van der Waals surface area contributed by atoms with E-state index in [2.05, 4.69) is 6.92 Å². The maximum atomic E-state index is 12.0. The van der Waals surface area contributed by atoms with Crippen LogP contribution in [0.1, 0.15) is 78.6 Å². The number of rotatable bonds is 12. The number of carbonyl (C=O) groups excluding carboxylic acids is 2. The van der Waals surface area contributed by atoms with Crippen molar-refractivity contribution in [3.8, 4) is 0 Å². The first kappa shape index (κ1) is 20.9. The van der Waals surface area contributed by atoms with Gasteiger partial charge in [-0.3, -0.25) is 9.59 Å². The fraction of sp³-hybridized carbons (Fsp3) is 0.889.